The first-order valence-corrected chi connectivity index (χ1v) is 10.5. The lowest BCUT2D eigenvalue weighted by molar-refractivity contribution is 0.0852. The summed E-state index contributed by atoms with van der Waals surface area (Å²) in [6.07, 6.45) is 2.03. The van der Waals surface area contributed by atoms with E-state index in [0.717, 1.165) is 16.9 Å². The highest BCUT2D eigenvalue weighted by Crippen LogP contribution is 2.23. The third-order valence-electron chi connectivity index (χ3n) is 4.07. The van der Waals surface area contributed by atoms with Crippen LogP contribution < -0.4 is 4.74 Å². The second-order valence-electron chi connectivity index (χ2n) is 8.62. The van der Waals surface area contributed by atoms with Crippen molar-refractivity contribution in [2.45, 2.75) is 46.4 Å². The monoisotopic (exact) mass is 400 g/mol. The van der Waals surface area contributed by atoms with Gasteiger partial charge in [0.1, 0.15) is 5.75 Å². The van der Waals surface area contributed by atoms with Gasteiger partial charge >= 0.3 is 0 Å². The fourth-order valence-corrected chi connectivity index (χ4v) is 2.76. The molecule has 0 atom stereocenters. The van der Waals surface area contributed by atoms with Gasteiger partial charge in [0, 0.05) is 26.9 Å². The first kappa shape index (κ1) is 24.0. The highest BCUT2D eigenvalue weighted by molar-refractivity contribution is 7.98. The Labute approximate surface area is 173 Å². The number of carbonyl (C=O) groups is 2. The van der Waals surface area contributed by atoms with E-state index in [0.29, 0.717) is 0 Å². The van der Waals surface area contributed by atoms with E-state index in [9.17, 15) is 9.59 Å². The summed E-state index contributed by atoms with van der Waals surface area (Å²) in [7, 11) is 1.61. The van der Waals surface area contributed by atoms with Crippen LogP contribution in [0.3, 0.4) is 0 Å². The number of thioether (sulfide) groups is 1. The van der Waals surface area contributed by atoms with Crippen LogP contribution in [-0.4, -0.2) is 24.9 Å². The minimum absolute atomic E-state index is 0.153. The fraction of sp³-hybridized carbons (Fsp3) is 0.417. The largest absolute Gasteiger partial charge is 0.497 e. The van der Waals surface area contributed by atoms with Crippen molar-refractivity contribution in [3.8, 4) is 5.75 Å². The maximum atomic E-state index is 11.9. The predicted octanol–water partition coefficient (Wildman–Crippen LogP) is 6.56. The maximum Gasteiger partial charge on any atom is 0.168 e. The Bertz CT molecular complexity index is 707. The van der Waals surface area contributed by atoms with Gasteiger partial charge in [-0.3, -0.25) is 9.59 Å². The highest BCUT2D eigenvalue weighted by Gasteiger charge is 2.23. The quantitative estimate of drug-likeness (QED) is 0.430. The van der Waals surface area contributed by atoms with Crippen LogP contribution in [0.4, 0.5) is 0 Å². The Balaban J connectivity index is 0.000000280. The minimum atomic E-state index is -0.325. The fourth-order valence-electron chi connectivity index (χ4n) is 2.35. The summed E-state index contributed by atoms with van der Waals surface area (Å²) in [5, 5.41) is 0. The van der Waals surface area contributed by atoms with Crippen LogP contribution in [-0.2, 0) is 0 Å². The molecule has 0 fully saturated rings. The van der Waals surface area contributed by atoms with Crippen LogP contribution in [0.2, 0.25) is 0 Å². The number of carbonyl (C=O) groups excluding carboxylic acids is 2. The molecule has 2 aromatic rings. The summed E-state index contributed by atoms with van der Waals surface area (Å²) < 4.78 is 5.02. The molecule has 0 heterocycles. The molecule has 0 unspecified atom stereocenters. The van der Waals surface area contributed by atoms with Crippen molar-refractivity contribution in [2.24, 2.45) is 10.8 Å². The number of benzene rings is 2. The van der Waals surface area contributed by atoms with E-state index >= 15 is 0 Å². The molecule has 152 valence electrons. The molecule has 0 aliphatic rings. The minimum Gasteiger partial charge on any atom is -0.497 e. The molecule has 2 rings (SSSR count). The molecule has 0 saturated carbocycles. The molecule has 0 bridgehead atoms. The van der Waals surface area contributed by atoms with Crippen molar-refractivity contribution in [1.82, 2.24) is 0 Å². The molecule has 28 heavy (non-hydrogen) atoms. The van der Waals surface area contributed by atoms with Gasteiger partial charge in [0.15, 0.2) is 11.6 Å². The Kier molecular flexibility index (Phi) is 8.49. The van der Waals surface area contributed by atoms with E-state index < -0.39 is 0 Å². The number of rotatable bonds is 4. The zero-order valence-corrected chi connectivity index (χ0v) is 19.1. The summed E-state index contributed by atoms with van der Waals surface area (Å²) in [5.74, 6) is 1.13. The second kappa shape index (κ2) is 9.92. The molecule has 0 radical (unpaired) electrons. The molecule has 3 nitrogen and oxygen atoms in total. The zero-order chi connectivity index (χ0) is 21.5. The van der Waals surface area contributed by atoms with Crippen LogP contribution >= 0.6 is 11.8 Å². The number of hydrogen-bond acceptors (Lipinski definition) is 4. The lowest BCUT2D eigenvalue weighted by atomic mass is 9.86. The van der Waals surface area contributed by atoms with Crippen molar-refractivity contribution >= 4 is 23.3 Å². The smallest absolute Gasteiger partial charge is 0.168 e. The first-order chi connectivity index (χ1) is 12.9. The highest BCUT2D eigenvalue weighted by atomic mass is 32.2. The Hall–Kier alpha value is -2.07. The SMILES string of the molecule is COc1ccc(C(=O)C(C)(C)C)cc1.CSc1ccc(C(=O)C(C)(C)C)cc1. The van der Waals surface area contributed by atoms with Crippen molar-refractivity contribution in [2.75, 3.05) is 13.4 Å². The third kappa shape index (κ3) is 7.16. The first-order valence-electron chi connectivity index (χ1n) is 9.28. The average Bonchev–Trinajstić information content (AvgIpc) is 2.66. The van der Waals surface area contributed by atoms with Crippen molar-refractivity contribution in [3.05, 3.63) is 59.7 Å². The van der Waals surface area contributed by atoms with Gasteiger partial charge in [0.2, 0.25) is 0 Å². The zero-order valence-electron chi connectivity index (χ0n) is 18.3. The van der Waals surface area contributed by atoms with Gasteiger partial charge in [0.25, 0.3) is 0 Å². The van der Waals surface area contributed by atoms with Gasteiger partial charge in [0.05, 0.1) is 7.11 Å². The van der Waals surface area contributed by atoms with Gasteiger partial charge < -0.3 is 4.74 Å². The van der Waals surface area contributed by atoms with E-state index in [4.69, 9.17) is 4.74 Å². The normalized spacial score (nSPS) is 11.3. The van der Waals surface area contributed by atoms with Gasteiger partial charge in [-0.25, -0.2) is 0 Å². The van der Waals surface area contributed by atoms with E-state index in [-0.39, 0.29) is 22.4 Å². The summed E-state index contributed by atoms with van der Waals surface area (Å²) in [6.45, 7) is 11.6. The van der Waals surface area contributed by atoms with Gasteiger partial charge in [-0.05, 0) is 42.7 Å². The number of methoxy groups -OCH3 is 1. The van der Waals surface area contributed by atoms with Gasteiger partial charge in [-0.1, -0.05) is 53.7 Å². The summed E-state index contributed by atoms with van der Waals surface area (Å²) in [4.78, 5) is 24.9. The summed E-state index contributed by atoms with van der Waals surface area (Å²) >= 11 is 1.69. The lowest BCUT2D eigenvalue weighted by Gasteiger charge is -2.16. The molecule has 0 spiro atoms. The summed E-state index contributed by atoms with van der Waals surface area (Å²) in [5.41, 5.74) is 0.920. The molecule has 0 aliphatic carbocycles. The molecule has 0 aromatic heterocycles. The molecule has 0 N–H and O–H groups in total. The third-order valence-corrected chi connectivity index (χ3v) is 4.81. The van der Waals surface area contributed by atoms with Gasteiger partial charge in [-0.2, -0.15) is 0 Å². The second-order valence-corrected chi connectivity index (χ2v) is 9.49. The molecule has 0 amide bonds. The Morgan fingerprint density at radius 2 is 1.07 bits per heavy atom. The van der Waals surface area contributed by atoms with Crippen LogP contribution in [0.15, 0.2) is 53.4 Å². The molecular formula is C24H32O3S. The number of ether oxygens (including phenoxy) is 1. The molecule has 2 aromatic carbocycles. The van der Waals surface area contributed by atoms with E-state index in [1.807, 2.05) is 72.1 Å². The molecule has 0 saturated heterocycles. The Morgan fingerprint density at radius 1 is 0.714 bits per heavy atom. The van der Waals surface area contributed by atoms with Crippen LogP contribution in [0, 0.1) is 10.8 Å². The van der Waals surface area contributed by atoms with Crippen molar-refractivity contribution in [3.63, 3.8) is 0 Å². The number of ketones is 2. The van der Waals surface area contributed by atoms with Crippen LogP contribution in [0.5, 0.6) is 5.75 Å². The maximum absolute atomic E-state index is 11.9. The van der Waals surface area contributed by atoms with Crippen LogP contribution in [0.1, 0.15) is 62.3 Å². The van der Waals surface area contributed by atoms with Crippen molar-refractivity contribution in [1.29, 1.82) is 0 Å². The molecular weight excluding hydrogens is 368 g/mol. The van der Waals surface area contributed by atoms with E-state index in [2.05, 4.69) is 0 Å². The molecule has 4 heteroatoms. The van der Waals surface area contributed by atoms with Crippen LogP contribution in [0.25, 0.3) is 0 Å². The standard InChI is InChI=1S/C12H16O2.C12H16OS/c2*1-12(2,3)11(13)9-5-7-10(14-4)8-6-9/h2*5-8H,1-4H3. The average molecular weight is 401 g/mol. The van der Waals surface area contributed by atoms with Crippen molar-refractivity contribution < 1.29 is 14.3 Å². The van der Waals surface area contributed by atoms with Gasteiger partial charge in [-0.15, -0.1) is 11.8 Å². The number of hydrogen-bond donors (Lipinski definition) is 0. The van der Waals surface area contributed by atoms with E-state index in [1.165, 1.54) is 4.90 Å². The summed E-state index contributed by atoms with van der Waals surface area (Å²) in [6, 6.07) is 15.0. The molecule has 0 aliphatic heterocycles. The topological polar surface area (TPSA) is 43.4 Å². The lowest BCUT2D eigenvalue weighted by Crippen LogP contribution is -2.19. The number of Topliss-reactive ketones (excluding diaryl/α,β-unsaturated/α-hetero) is 2. The predicted molar refractivity (Wildman–Crippen MR) is 119 cm³/mol. The van der Waals surface area contributed by atoms with E-state index in [1.54, 1.807) is 43.1 Å². The Morgan fingerprint density at radius 3 is 1.36 bits per heavy atom.